The fourth-order valence-electron chi connectivity index (χ4n) is 1.55. The van der Waals surface area contributed by atoms with Gasteiger partial charge < -0.3 is 4.98 Å². The lowest BCUT2D eigenvalue weighted by Gasteiger charge is -2.07. The van der Waals surface area contributed by atoms with Crippen molar-refractivity contribution in [3.63, 3.8) is 0 Å². The Bertz CT molecular complexity index is 655. The number of hydrogen-bond acceptors (Lipinski definition) is 2. The van der Waals surface area contributed by atoms with E-state index in [2.05, 4.69) is 41.8 Å². The Balaban J connectivity index is 2.64. The standard InChI is InChI=1S/C12H9Br2ClN2O/c1-2-9-10(14)12(18)17-11(16-9)7-4-3-6(13)5-8(7)15/h3-5H,2H2,1H3,(H,16,17,18). The SMILES string of the molecule is CCc1nc(-c2ccc(Br)cc2Cl)[nH]c(=O)c1Br. The van der Waals surface area contributed by atoms with Crippen molar-refractivity contribution in [2.45, 2.75) is 13.3 Å². The molecule has 0 saturated carbocycles. The van der Waals surface area contributed by atoms with Crippen LogP contribution < -0.4 is 5.56 Å². The normalized spacial score (nSPS) is 10.7. The third kappa shape index (κ3) is 2.68. The van der Waals surface area contributed by atoms with E-state index in [-0.39, 0.29) is 5.56 Å². The molecule has 0 fully saturated rings. The molecule has 1 aromatic carbocycles. The minimum atomic E-state index is -0.198. The van der Waals surface area contributed by atoms with Gasteiger partial charge in [0.05, 0.1) is 10.7 Å². The van der Waals surface area contributed by atoms with Crippen molar-refractivity contribution in [3.8, 4) is 11.4 Å². The summed E-state index contributed by atoms with van der Waals surface area (Å²) in [6.07, 6.45) is 0.672. The largest absolute Gasteiger partial charge is 0.305 e. The van der Waals surface area contributed by atoms with E-state index >= 15 is 0 Å². The first-order chi connectivity index (χ1) is 8.52. The van der Waals surface area contributed by atoms with Crippen molar-refractivity contribution in [2.24, 2.45) is 0 Å². The van der Waals surface area contributed by atoms with Crippen LogP contribution in [0.25, 0.3) is 11.4 Å². The average Bonchev–Trinajstić information content (AvgIpc) is 2.32. The van der Waals surface area contributed by atoms with E-state index in [1.807, 2.05) is 19.1 Å². The van der Waals surface area contributed by atoms with Crippen molar-refractivity contribution in [1.82, 2.24) is 9.97 Å². The van der Waals surface area contributed by atoms with Crippen molar-refractivity contribution in [2.75, 3.05) is 0 Å². The van der Waals surface area contributed by atoms with Crippen molar-refractivity contribution < 1.29 is 0 Å². The Morgan fingerprint density at radius 3 is 2.72 bits per heavy atom. The lowest BCUT2D eigenvalue weighted by Crippen LogP contribution is -2.13. The number of nitrogens with one attached hydrogen (secondary N) is 1. The van der Waals surface area contributed by atoms with E-state index in [9.17, 15) is 4.79 Å². The van der Waals surface area contributed by atoms with Gasteiger partial charge in [-0.15, -0.1) is 0 Å². The number of aryl methyl sites for hydroxylation is 1. The number of rotatable bonds is 2. The van der Waals surface area contributed by atoms with Crippen LogP contribution in [0.3, 0.4) is 0 Å². The maximum Gasteiger partial charge on any atom is 0.265 e. The Morgan fingerprint density at radius 2 is 2.11 bits per heavy atom. The van der Waals surface area contributed by atoms with Gasteiger partial charge in [-0.2, -0.15) is 0 Å². The molecule has 0 unspecified atom stereocenters. The van der Waals surface area contributed by atoms with Gasteiger partial charge in [0.1, 0.15) is 10.3 Å². The predicted octanol–water partition coefficient (Wildman–Crippen LogP) is 4.18. The molecule has 0 atom stereocenters. The molecule has 0 saturated heterocycles. The zero-order chi connectivity index (χ0) is 13.3. The average molecular weight is 392 g/mol. The molecule has 6 heteroatoms. The molecule has 0 amide bonds. The molecule has 18 heavy (non-hydrogen) atoms. The van der Waals surface area contributed by atoms with Crippen LogP contribution in [0.1, 0.15) is 12.6 Å². The summed E-state index contributed by atoms with van der Waals surface area (Å²) in [5, 5.41) is 0.539. The molecule has 3 nitrogen and oxygen atoms in total. The third-order valence-electron chi connectivity index (χ3n) is 2.45. The second-order valence-electron chi connectivity index (χ2n) is 3.65. The molecule has 0 bridgehead atoms. The van der Waals surface area contributed by atoms with Crippen LogP contribution in [0.2, 0.25) is 5.02 Å². The van der Waals surface area contributed by atoms with Crippen molar-refractivity contribution >= 4 is 43.5 Å². The van der Waals surface area contributed by atoms with Gasteiger partial charge in [-0.3, -0.25) is 4.79 Å². The first kappa shape index (κ1) is 13.8. The number of benzene rings is 1. The molecule has 1 N–H and O–H groups in total. The molecule has 2 aromatic rings. The summed E-state index contributed by atoms with van der Waals surface area (Å²) in [7, 11) is 0. The highest BCUT2D eigenvalue weighted by atomic mass is 79.9. The fourth-order valence-corrected chi connectivity index (χ4v) is 2.78. The Labute approximate surface area is 126 Å². The van der Waals surface area contributed by atoms with Gasteiger partial charge in [-0.1, -0.05) is 34.5 Å². The van der Waals surface area contributed by atoms with Gasteiger partial charge in [0, 0.05) is 10.0 Å². The van der Waals surface area contributed by atoms with Gasteiger partial charge in [-0.25, -0.2) is 4.98 Å². The quantitative estimate of drug-likeness (QED) is 0.834. The first-order valence-corrected chi connectivity index (χ1v) is 7.23. The smallest absolute Gasteiger partial charge is 0.265 e. The lowest BCUT2D eigenvalue weighted by molar-refractivity contribution is 0.970. The van der Waals surface area contributed by atoms with E-state index < -0.39 is 0 Å². The van der Waals surface area contributed by atoms with Crippen LogP contribution >= 0.6 is 43.5 Å². The number of hydrogen-bond donors (Lipinski definition) is 1. The monoisotopic (exact) mass is 390 g/mol. The first-order valence-electron chi connectivity index (χ1n) is 5.27. The van der Waals surface area contributed by atoms with Crippen LogP contribution in [0, 0.1) is 0 Å². The Morgan fingerprint density at radius 1 is 1.39 bits per heavy atom. The third-order valence-corrected chi connectivity index (χ3v) is 4.08. The summed E-state index contributed by atoms with van der Waals surface area (Å²) in [6.45, 7) is 1.94. The van der Waals surface area contributed by atoms with Gasteiger partial charge in [0.25, 0.3) is 5.56 Å². The summed E-state index contributed by atoms with van der Waals surface area (Å²) in [4.78, 5) is 18.9. The van der Waals surface area contributed by atoms with E-state index in [1.54, 1.807) is 6.07 Å². The van der Waals surface area contributed by atoms with Gasteiger partial charge in [-0.05, 0) is 40.5 Å². The summed E-state index contributed by atoms with van der Waals surface area (Å²) in [5.41, 5.74) is 1.22. The molecule has 1 heterocycles. The molecule has 0 aliphatic heterocycles. The minimum absolute atomic E-state index is 0.198. The molecule has 0 spiro atoms. The molecule has 0 aliphatic carbocycles. The molecular formula is C12H9Br2ClN2O. The van der Waals surface area contributed by atoms with E-state index in [1.165, 1.54) is 0 Å². The Hall–Kier alpha value is -0.650. The van der Waals surface area contributed by atoms with E-state index in [0.29, 0.717) is 33.0 Å². The number of aromatic amines is 1. The van der Waals surface area contributed by atoms with Crippen LogP contribution in [0.4, 0.5) is 0 Å². The van der Waals surface area contributed by atoms with E-state index in [0.717, 1.165) is 4.47 Å². The fraction of sp³-hybridized carbons (Fsp3) is 0.167. The zero-order valence-corrected chi connectivity index (χ0v) is 13.4. The zero-order valence-electron chi connectivity index (χ0n) is 9.43. The van der Waals surface area contributed by atoms with Crippen molar-refractivity contribution in [3.05, 3.63) is 48.2 Å². The maximum absolute atomic E-state index is 11.8. The second-order valence-corrected chi connectivity index (χ2v) is 5.77. The summed E-state index contributed by atoms with van der Waals surface area (Å²) in [5.74, 6) is 0.484. The number of halogens is 3. The van der Waals surface area contributed by atoms with Crippen LogP contribution in [-0.4, -0.2) is 9.97 Å². The highest BCUT2D eigenvalue weighted by Crippen LogP contribution is 2.28. The second kappa shape index (κ2) is 5.55. The molecule has 94 valence electrons. The van der Waals surface area contributed by atoms with Gasteiger partial charge in [0.15, 0.2) is 0 Å². The van der Waals surface area contributed by atoms with E-state index in [4.69, 9.17) is 11.6 Å². The van der Waals surface area contributed by atoms with Crippen LogP contribution in [0.5, 0.6) is 0 Å². The lowest BCUT2D eigenvalue weighted by atomic mass is 10.2. The molecule has 0 aliphatic rings. The predicted molar refractivity (Wildman–Crippen MR) is 80.1 cm³/mol. The summed E-state index contributed by atoms with van der Waals surface area (Å²) >= 11 is 12.7. The highest BCUT2D eigenvalue weighted by Gasteiger charge is 2.11. The maximum atomic E-state index is 11.8. The van der Waals surface area contributed by atoms with Gasteiger partial charge in [0.2, 0.25) is 0 Å². The molecule has 0 radical (unpaired) electrons. The molecule has 1 aromatic heterocycles. The number of aromatic nitrogens is 2. The van der Waals surface area contributed by atoms with Crippen LogP contribution in [0.15, 0.2) is 31.9 Å². The number of H-pyrrole nitrogens is 1. The Kier molecular flexibility index (Phi) is 4.25. The summed E-state index contributed by atoms with van der Waals surface area (Å²) in [6, 6.07) is 5.44. The topological polar surface area (TPSA) is 45.8 Å². The van der Waals surface area contributed by atoms with Gasteiger partial charge >= 0.3 is 0 Å². The van der Waals surface area contributed by atoms with Crippen LogP contribution in [-0.2, 0) is 6.42 Å². The highest BCUT2D eigenvalue weighted by molar-refractivity contribution is 9.10. The molecular weight excluding hydrogens is 383 g/mol. The van der Waals surface area contributed by atoms with Crippen molar-refractivity contribution in [1.29, 1.82) is 0 Å². The minimum Gasteiger partial charge on any atom is -0.305 e. The summed E-state index contributed by atoms with van der Waals surface area (Å²) < 4.78 is 1.36. The number of nitrogens with zero attached hydrogens (tertiary/aromatic N) is 1. The molecule has 2 rings (SSSR count).